The van der Waals surface area contributed by atoms with Crippen molar-refractivity contribution >= 4 is 16.5 Å². The number of thiazole rings is 1. The van der Waals surface area contributed by atoms with Gasteiger partial charge in [-0.1, -0.05) is 6.92 Å². The highest BCUT2D eigenvalue weighted by Gasteiger charge is 2.23. The summed E-state index contributed by atoms with van der Waals surface area (Å²) >= 11 is 1.92. The lowest BCUT2D eigenvalue weighted by Crippen LogP contribution is -2.49. The quantitative estimate of drug-likeness (QED) is 0.908. The summed E-state index contributed by atoms with van der Waals surface area (Å²) < 4.78 is 0. The molecule has 2 N–H and O–H groups in total. The van der Waals surface area contributed by atoms with E-state index in [1.807, 2.05) is 11.3 Å². The Bertz CT molecular complexity index is 402. The van der Waals surface area contributed by atoms with Crippen LogP contribution in [0.1, 0.15) is 30.3 Å². The van der Waals surface area contributed by atoms with E-state index in [0.29, 0.717) is 6.04 Å². The van der Waals surface area contributed by atoms with Crippen molar-refractivity contribution < 1.29 is 0 Å². The van der Waals surface area contributed by atoms with Gasteiger partial charge in [-0.3, -0.25) is 4.90 Å². The van der Waals surface area contributed by atoms with E-state index in [4.69, 9.17) is 10.7 Å². The molecular formula is C14H24N4S. The normalized spacial score (nSPS) is 21.7. The molecule has 0 aromatic carbocycles. The molecule has 0 spiro atoms. The van der Waals surface area contributed by atoms with Gasteiger partial charge in [0.1, 0.15) is 0 Å². The summed E-state index contributed by atoms with van der Waals surface area (Å²) in [4.78, 5) is 11.3. The summed E-state index contributed by atoms with van der Waals surface area (Å²) in [5.41, 5.74) is 7.40. The number of nitrogens with two attached hydrogens (primary N) is 1. The van der Waals surface area contributed by atoms with Crippen LogP contribution >= 0.6 is 11.3 Å². The second-order valence-electron chi connectivity index (χ2n) is 5.68. The van der Waals surface area contributed by atoms with Crippen molar-refractivity contribution in [1.82, 2.24) is 9.88 Å². The molecule has 0 radical (unpaired) electrons. The monoisotopic (exact) mass is 280 g/mol. The minimum Gasteiger partial charge on any atom is -0.346 e. The Morgan fingerprint density at radius 2 is 2.05 bits per heavy atom. The Balaban J connectivity index is 1.54. The van der Waals surface area contributed by atoms with E-state index in [0.717, 1.165) is 39.1 Å². The van der Waals surface area contributed by atoms with Gasteiger partial charge in [0.25, 0.3) is 0 Å². The van der Waals surface area contributed by atoms with Crippen LogP contribution in [0.4, 0.5) is 5.13 Å². The summed E-state index contributed by atoms with van der Waals surface area (Å²) in [6.45, 7) is 7.65. The highest BCUT2D eigenvalue weighted by Crippen LogP contribution is 2.32. The summed E-state index contributed by atoms with van der Waals surface area (Å²) in [5.74, 6) is 0. The lowest BCUT2D eigenvalue weighted by Gasteiger charge is -2.35. The highest BCUT2D eigenvalue weighted by molar-refractivity contribution is 7.15. The van der Waals surface area contributed by atoms with E-state index in [2.05, 4.69) is 16.7 Å². The fourth-order valence-corrected chi connectivity index (χ4v) is 4.09. The van der Waals surface area contributed by atoms with Crippen LogP contribution < -0.4 is 10.6 Å². The third-order valence-corrected chi connectivity index (χ3v) is 5.46. The molecular weight excluding hydrogens is 256 g/mol. The second kappa shape index (κ2) is 5.77. The summed E-state index contributed by atoms with van der Waals surface area (Å²) in [7, 11) is 0. The molecule has 1 aromatic heterocycles. The van der Waals surface area contributed by atoms with Gasteiger partial charge in [0.05, 0.1) is 5.69 Å². The van der Waals surface area contributed by atoms with E-state index >= 15 is 0 Å². The number of piperazine rings is 1. The molecule has 2 aliphatic rings. The van der Waals surface area contributed by atoms with Crippen molar-refractivity contribution in [2.75, 3.05) is 37.6 Å². The van der Waals surface area contributed by atoms with E-state index in [1.165, 1.54) is 35.0 Å². The van der Waals surface area contributed by atoms with Gasteiger partial charge in [0, 0.05) is 43.6 Å². The molecule has 1 unspecified atom stereocenters. The van der Waals surface area contributed by atoms with Crippen molar-refractivity contribution in [1.29, 1.82) is 0 Å². The summed E-state index contributed by atoms with van der Waals surface area (Å²) in [6, 6.07) is 0.329. The number of hydrogen-bond donors (Lipinski definition) is 1. The second-order valence-corrected chi connectivity index (χ2v) is 6.74. The zero-order valence-electron chi connectivity index (χ0n) is 11.8. The van der Waals surface area contributed by atoms with Gasteiger partial charge in [-0.05, 0) is 25.7 Å². The van der Waals surface area contributed by atoms with Gasteiger partial charge >= 0.3 is 0 Å². The molecule has 1 atom stereocenters. The molecule has 3 rings (SSSR count). The molecule has 1 aliphatic carbocycles. The fourth-order valence-electron chi connectivity index (χ4n) is 2.89. The maximum absolute atomic E-state index is 6.03. The van der Waals surface area contributed by atoms with Crippen LogP contribution in [0.5, 0.6) is 0 Å². The average Bonchev–Trinajstić information content (AvgIpc) is 3.00. The van der Waals surface area contributed by atoms with Crippen molar-refractivity contribution in [2.24, 2.45) is 5.73 Å². The van der Waals surface area contributed by atoms with Crippen molar-refractivity contribution in [2.45, 2.75) is 38.6 Å². The Kier molecular flexibility index (Phi) is 4.05. The molecule has 106 valence electrons. The van der Waals surface area contributed by atoms with Crippen LogP contribution in [0.15, 0.2) is 0 Å². The first-order valence-electron chi connectivity index (χ1n) is 7.47. The van der Waals surface area contributed by atoms with Crippen LogP contribution in [-0.2, 0) is 12.8 Å². The third kappa shape index (κ3) is 2.93. The first-order valence-corrected chi connectivity index (χ1v) is 8.29. The number of anilines is 1. The van der Waals surface area contributed by atoms with Gasteiger partial charge in [-0.2, -0.15) is 0 Å². The molecule has 1 saturated heterocycles. The molecule has 19 heavy (non-hydrogen) atoms. The standard InChI is InChI=1S/C14H24N4S/c1-2-11(15)10-17-6-8-18(9-7-17)14-16-12-4-3-5-13(12)19-14/h11H,2-10,15H2,1H3. The van der Waals surface area contributed by atoms with Crippen LogP contribution in [-0.4, -0.2) is 48.6 Å². The molecule has 0 amide bonds. The van der Waals surface area contributed by atoms with Gasteiger partial charge in [-0.15, -0.1) is 11.3 Å². The predicted molar refractivity (Wildman–Crippen MR) is 81.1 cm³/mol. The number of aryl methyl sites for hydroxylation is 2. The molecule has 0 bridgehead atoms. The van der Waals surface area contributed by atoms with Crippen LogP contribution in [0, 0.1) is 0 Å². The molecule has 2 heterocycles. The molecule has 1 fully saturated rings. The predicted octanol–water partition coefficient (Wildman–Crippen LogP) is 1.49. The fraction of sp³-hybridized carbons (Fsp3) is 0.786. The molecule has 4 nitrogen and oxygen atoms in total. The highest BCUT2D eigenvalue weighted by atomic mass is 32.1. The number of nitrogens with zero attached hydrogens (tertiary/aromatic N) is 3. The molecule has 1 aliphatic heterocycles. The number of rotatable bonds is 4. The Morgan fingerprint density at radius 3 is 2.74 bits per heavy atom. The molecule has 1 aromatic rings. The van der Waals surface area contributed by atoms with E-state index in [1.54, 1.807) is 0 Å². The SMILES string of the molecule is CCC(N)CN1CCN(c2nc3c(s2)CCC3)CC1. The summed E-state index contributed by atoms with van der Waals surface area (Å²) in [5, 5.41) is 1.25. The lowest BCUT2D eigenvalue weighted by atomic mass is 10.2. The zero-order chi connectivity index (χ0) is 13.2. The zero-order valence-corrected chi connectivity index (χ0v) is 12.6. The maximum atomic E-state index is 6.03. The van der Waals surface area contributed by atoms with E-state index in [9.17, 15) is 0 Å². The molecule has 5 heteroatoms. The minimum atomic E-state index is 0.329. The third-order valence-electron chi connectivity index (χ3n) is 4.24. The average molecular weight is 280 g/mol. The van der Waals surface area contributed by atoms with Crippen molar-refractivity contribution in [3.05, 3.63) is 10.6 Å². The van der Waals surface area contributed by atoms with Gasteiger partial charge in [0.2, 0.25) is 0 Å². The van der Waals surface area contributed by atoms with Gasteiger partial charge < -0.3 is 10.6 Å². The number of aromatic nitrogens is 1. The Labute approximate surface area is 119 Å². The van der Waals surface area contributed by atoms with Gasteiger partial charge in [-0.25, -0.2) is 4.98 Å². The maximum Gasteiger partial charge on any atom is 0.185 e. The van der Waals surface area contributed by atoms with Crippen molar-refractivity contribution in [3.8, 4) is 0 Å². The molecule has 0 saturated carbocycles. The van der Waals surface area contributed by atoms with Crippen LogP contribution in [0.2, 0.25) is 0 Å². The number of fused-ring (bicyclic) bond motifs is 1. The van der Waals surface area contributed by atoms with Crippen LogP contribution in [0.3, 0.4) is 0 Å². The smallest absolute Gasteiger partial charge is 0.185 e. The van der Waals surface area contributed by atoms with Gasteiger partial charge in [0.15, 0.2) is 5.13 Å². The lowest BCUT2D eigenvalue weighted by molar-refractivity contribution is 0.240. The van der Waals surface area contributed by atoms with E-state index in [-0.39, 0.29) is 0 Å². The first kappa shape index (κ1) is 13.3. The minimum absolute atomic E-state index is 0.329. The Hall–Kier alpha value is -0.650. The van der Waals surface area contributed by atoms with Crippen molar-refractivity contribution in [3.63, 3.8) is 0 Å². The summed E-state index contributed by atoms with van der Waals surface area (Å²) in [6.07, 6.45) is 4.81. The first-order chi connectivity index (χ1) is 9.26. The topological polar surface area (TPSA) is 45.4 Å². The number of hydrogen-bond acceptors (Lipinski definition) is 5. The largest absolute Gasteiger partial charge is 0.346 e. The Morgan fingerprint density at radius 1 is 1.26 bits per heavy atom. The van der Waals surface area contributed by atoms with Crippen LogP contribution in [0.25, 0.3) is 0 Å². The van der Waals surface area contributed by atoms with E-state index < -0.39 is 0 Å².